The van der Waals surface area contributed by atoms with Crippen molar-refractivity contribution in [2.75, 3.05) is 7.11 Å². The number of hydrogen-bond donors (Lipinski definition) is 1. The average molecular weight is 260 g/mol. The van der Waals surface area contributed by atoms with E-state index in [4.69, 9.17) is 9.26 Å². The van der Waals surface area contributed by atoms with Gasteiger partial charge in [0.1, 0.15) is 11.9 Å². The molecule has 1 N–H and O–H groups in total. The first-order chi connectivity index (χ1) is 9.20. The summed E-state index contributed by atoms with van der Waals surface area (Å²) in [5, 5.41) is 14.0. The largest absolute Gasteiger partial charge is 0.507 e. The zero-order chi connectivity index (χ0) is 13.4. The lowest BCUT2D eigenvalue weighted by Gasteiger charge is -2.08. The number of ether oxygens (including phenoxy) is 1. The van der Waals surface area contributed by atoms with Crippen LogP contribution < -0.4 is 0 Å². The normalized spacial score (nSPS) is 16.5. The van der Waals surface area contributed by atoms with E-state index in [0.717, 1.165) is 18.4 Å². The van der Waals surface area contributed by atoms with Crippen LogP contribution in [0.5, 0.6) is 5.75 Å². The van der Waals surface area contributed by atoms with Crippen molar-refractivity contribution in [1.82, 2.24) is 10.1 Å². The molecular weight excluding hydrogens is 244 g/mol. The van der Waals surface area contributed by atoms with Crippen LogP contribution in [0.25, 0.3) is 11.5 Å². The monoisotopic (exact) mass is 260 g/mol. The maximum Gasteiger partial charge on any atom is 0.261 e. The molecule has 19 heavy (non-hydrogen) atoms. The SMILES string of the molecule is COC(c1noc(-c2cccc(C)c2O)n1)C1CC1. The van der Waals surface area contributed by atoms with E-state index in [1.165, 1.54) is 0 Å². The Hall–Kier alpha value is -1.88. The van der Waals surface area contributed by atoms with E-state index < -0.39 is 0 Å². The van der Waals surface area contributed by atoms with Crippen molar-refractivity contribution in [3.05, 3.63) is 29.6 Å². The summed E-state index contributed by atoms with van der Waals surface area (Å²) in [6.45, 7) is 1.83. The second-order valence-electron chi connectivity index (χ2n) is 4.92. The van der Waals surface area contributed by atoms with Crippen LogP contribution >= 0.6 is 0 Å². The Bertz CT molecular complexity index is 590. The Morgan fingerprint density at radius 2 is 2.21 bits per heavy atom. The molecule has 1 aliphatic carbocycles. The van der Waals surface area contributed by atoms with Crippen LogP contribution in [0.4, 0.5) is 0 Å². The molecule has 1 fully saturated rings. The number of aromatic nitrogens is 2. The third kappa shape index (κ3) is 2.21. The number of aromatic hydroxyl groups is 1. The summed E-state index contributed by atoms with van der Waals surface area (Å²) < 4.78 is 10.7. The summed E-state index contributed by atoms with van der Waals surface area (Å²) in [6.07, 6.45) is 2.17. The molecule has 0 amide bonds. The molecule has 1 aromatic heterocycles. The van der Waals surface area contributed by atoms with Crippen LogP contribution in [0.3, 0.4) is 0 Å². The van der Waals surface area contributed by atoms with Crippen molar-refractivity contribution in [2.45, 2.75) is 25.9 Å². The average Bonchev–Trinajstić information content (AvgIpc) is 3.12. The first kappa shape index (κ1) is 12.2. The van der Waals surface area contributed by atoms with Gasteiger partial charge in [0.25, 0.3) is 5.89 Å². The molecule has 0 saturated heterocycles. The molecule has 0 aliphatic heterocycles. The van der Waals surface area contributed by atoms with Gasteiger partial charge in [-0.1, -0.05) is 17.3 Å². The van der Waals surface area contributed by atoms with E-state index in [0.29, 0.717) is 23.2 Å². The standard InChI is InChI=1S/C14H16N2O3/c1-8-4-3-5-10(11(8)17)14-15-13(16-19-14)12(18-2)9-6-7-9/h3-5,9,12,17H,6-7H2,1-2H3. The van der Waals surface area contributed by atoms with E-state index >= 15 is 0 Å². The smallest absolute Gasteiger partial charge is 0.261 e. The van der Waals surface area contributed by atoms with Gasteiger partial charge < -0.3 is 14.4 Å². The highest BCUT2D eigenvalue weighted by atomic mass is 16.5. The lowest BCUT2D eigenvalue weighted by molar-refractivity contribution is 0.0751. The van der Waals surface area contributed by atoms with Crippen molar-refractivity contribution in [3.63, 3.8) is 0 Å². The Kier molecular flexibility index (Phi) is 2.98. The fraction of sp³-hybridized carbons (Fsp3) is 0.429. The van der Waals surface area contributed by atoms with Crippen molar-refractivity contribution in [3.8, 4) is 17.2 Å². The fourth-order valence-corrected chi connectivity index (χ4v) is 2.20. The number of methoxy groups -OCH3 is 1. The minimum atomic E-state index is -0.107. The van der Waals surface area contributed by atoms with Crippen LogP contribution in [0.15, 0.2) is 22.7 Å². The van der Waals surface area contributed by atoms with Gasteiger partial charge in [0.05, 0.1) is 5.56 Å². The second kappa shape index (κ2) is 4.66. The maximum atomic E-state index is 10.0. The van der Waals surface area contributed by atoms with Gasteiger partial charge in [0, 0.05) is 7.11 Å². The number of nitrogens with zero attached hydrogens (tertiary/aromatic N) is 2. The first-order valence-corrected chi connectivity index (χ1v) is 6.36. The Labute approximate surface area is 111 Å². The number of aryl methyl sites for hydroxylation is 1. The van der Waals surface area contributed by atoms with Crippen LogP contribution in [0.2, 0.25) is 0 Å². The molecule has 2 aromatic rings. The van der Waals surface area contributed by atoms with Crippen LogP contribution in [0.1, 0.15) is 30.3 Å². The minimum Gasteiger partial charge on any atom is -0.507 e. The van der Waals surface area contributed by atoms with Crippen LogP contribution in [-0.2, 0) is 4.74 Å². The highest BCUT2D eigenvalue weighted by Crippen LogP contribution is 2.42. The van der Waals surface area contributed by atoms with Gasteiger partial charge in [-0.15, -0.1) is 0 Å². The van der Waals surface area contributed by atoms with Gasteiger partial charge in [-0.25, -0.2) is 0 Å². The summed E-state index contributed by atoms with van der Waals surface area (Å²) in [6, 6.07) is 5.44. The Balaban J connectivity index is 1.94. The summed E-state index contributed by atoms with van der Waals surface area (Å²) in [7, 11) is 1.66. The lowest BCUT2D eigenvalue weighted by Crippen LogP contribution is -2.05. The molecule has 5 heteroatoms. The lowest BCUT2D eigenvalue weighted by atomic mass is 10.1. The number of hydrogen-bond acceptors (Lipinski definition) is 5. The third-order valence-corrected chi connectivity index (χ3v) is 3.47. The Morgan fingerprint density at radius 1 is 1.42 bits per heavy atom. The predicted molar refractivity (Wildman–Crippen MR) is 68.6 cm³/mol. The van der Waals surface area contributed by atoms with Gasteiger partial charge >= 0.3 is 0 Å². The highest BCUT2D eigenvalue weighted by molar-refractivity contribution is 5.64. The number of phenols is 1. The van der Waals surface area contributed by atoms with E-state index in [1.807, 2.05) is 19.1 Å². The van der Waals surface area contributed by atoms with Crippen molar-refractivity contribution in [1.29, 1.82) is 0 Å². The third-order valence-electron chi connectivity index (χ3n) is 3.47. The number of benzene rings is 1. The van der Waals surface area contributed by atoms with Crippen LogP contribution in [-0.4, -0.2) is 22.4 Å². The second-order valence-corrected chi connectivity index (χ2v) is 4.92. The number of rotatable bonds is 4. The number of phenolic OH excluding ortho intramolecular Hbond substituents is 1. The van der Waals surface area contributed by atoms with Gasteiger partial charge in [-0.2, -0.15) is 4.98 Å². The van der Waals surface area contributed by atoms with Gasteiger partial charge in [0.15, 0.2) is 0 Å². The summed E-state index contributed by atoms with van der Waals surface area (Å²) in [4.78, 5) is 4.35. The molecule has 0 spiro atoms. The quantitative estimate of drug-likeness (QED) is 0.915. The van der Waals surface area contributed by atoms with Crippen molar-refractivity contribution >= 4 is 0 Å². The van der Waals surface area contributed by atoms with E-state index in [-0.39, 0.29) is 11.9 Å². The summed E-state index contributed by atoms with van der Waals surface area (Å²) >= 11 is 0. The van der Waals surface area contributed by atoms with E-state index in [1.54, 1.807) is 13.2 Å². The zero-order valence-corrected chi connectivity index (χ0v) is 11.0. The first-order valence-electron chi connectivity index (χ1n) is 6.36. The number of para-hydroxylation sites is 1. The van der Waals surface area contributed by atoms with E-state index in [2.05, 4.69) is 10.1 Å². The molecule has 1 atom stereocenters. The summed E-state index contributed by atoms with van der Waals surface area (Å²) in [5.74, 6) is 1.56. The van der Waals surface area contributed by atoms with Crippen LogP contribution in [0, 0.1) is 12.8 Å². The fourth-order valence-electron chi connectivity index (χ4n) is 2.20. The molecule has 5 nitrogen and oxygen atoms in total. The minimum absolute atomic E-state index is 0.107. The molecule has 1 heterocycles. The molecule has 1 saturated carbocycles. The molecule has 3 rings (SSSR count). The van der Waals surface area contributed by atoms with Crippen molar-refractivity contribution in [2.24, 2.45) is 5.92 Å². The topological polar surface area (TPSA) is 68.4 Å². The molecule has 0 bridgehead atoms. The van der Waals surface area contributed by atoms with Gasteiger partial charge in [0.2, 0.25) is 5.82 Å². The van der Waals surface area contributed by atoms with Crippen molar-refractivity contribution < 1.29 is 14.4 Å². The zero-order valence-electron chi connectivity index (χ0n) is 11.0. The molecular formula is C14H16N2O3. The maximum absolute atomic E-state index is 10.0. The van der Waals surface area contributed by atoms with Gasteiger partial charge in [-0.05, 0) is 37.3 Å². The predicted octanol–water partition coefficient (Wildman–Crippen LogP) is 2.85. The summed E-state index contributed by atoms with van der Waals surface area (Å²) in [5.41, 5.74) is 1.34. The van der Waals surface area contributed by atoms with Gasteiger partial charge in [-0.3, -0.25) is 0 Å². The highest BCUT2D eigenvalue weighted by Gasteiger charge is 2.35. The Morgan fingerprint density at radius 3 is 2.89 bits per heavy atom. The molecule has 1 unspecified atom stereocenters. The van der Waals surface area contributed by atoms with E-state index in [9.17, 15) is 5.11 Å². The molecule has 1 aromatic carbocycles. The molecule has 100 valence electrons. The molecule has 0 radical (unpaired) electrons. The molecule has 1 aliphatic rings.